The molecule has 0 fully saturated rings. The Morgan fingerprint density at radius 3 is 2.04 bits per heavy atom. The summed E-state index contributed by atoms with van der Waals surface area (Å²) in [4.78, 5) is 12.5. The van der Waals surface area contributed by atoms with Gasteiger partial charge in [-0.05, 0) is 49.6 Å². The van der Waals surface area contributed by atoms with E-state index in [-0.39, 0.29) is 11.0 Å². The van der Waals surface area contributed by atoms with Crippen molar-refractivity contribution in [2.24, 2.45) is 0 Å². The van der Waals surface area contributed by atoms with Crippen molar-refractivity contribution in [2.45, 2.75) is 44.6 Å². The fourth-order valence-electron chi connectivity index (χ4n) is 2.78. The first-order valence-corrected chi connectivity index (χ1v) is 10.7. The van der Waals surface area contributed by atoms with Gasteiger partial charge in [0.05, 0.1) is 10.5 Å². The number of ether oxygens (including phenoxy) is 1. The van der Waals surface area contributed by atoms with Gasteiger partial charge in [0, 0.05) is 13.1 Å². The van der Waals surface area contributed by atoms with Gasteiger partial charge in [-0.3, -0.25) is 0 Å². The molecule has 0 spiro atoms. The van der Waals surface area contributed by atoms with Crippen LogP contribution in [0, 0.1) is 0 Å². The minimum absolute atomic E-state index is 0.192. The molecular weight excluding hydrogens is 362 g/mol. The van der Waals surface area contributed by atoms with Gasteiger partial charge in [0.2, 0.25) is 10.0 Å². The average Bonchev–Trinajstić information content (AvgIpc) is 2.68. The number of esters is 1. The molecule has 2 aromatic rings. The van der Waals surface area contributed by atoms with Gasteiger partial charge in [0.25, 0.3) is 0 Å². The average molecular weight is 390 g/mol. The summed E-state index contributed by atoms with van der Waals surface area (Å²) in [5, 5.41) is 0. The van der Waals surface area contributed by atoms with E-state index in [1.807, 2.05) is 44.2 Å². The molecule has 0 aliphatic heterocycles. The Balaban J connectivity index is 2.12. The molecule has 27 heavy (non-hydrogen) atoms. The molecular formula is C21H27NO4S. The van der Waals surface area contributed by atoms with E-state index in [2.05, 4.69) is 0 Å². The predicted molar refractivity (Wildman–Crippen MR) is 106 cm³/mol. The molecule has 5 nitrogen and oxygen atoms in total. The van der Waals surface area contributed by atoms with Crippen molar-refractivity contribution in [3.63, 3.8) is 0 Å². The number of nitrogens with zero attached hydrogens (tertiary/aromatic N) is 1. The van der Waals surface area contributed by atoms with Crippen molar-refractivity contribution in [1.29, 1.82) is 0 Å². The first kappa shape index (κ1) is 21.1. The molecule has 0 radical (unpaired) electrons. The van der Waals surface area contributed by atoms with Crippen LogP contribution in [0.4, 0.5) is 0 Å². The van der Waals surface area contributed by atoms with Gasteiger partial charge in [0.15, 0.2) is 0 Å². The summed E-state index contributed by atoms with van der Waals surface area (Å²) in [5.74, 6) is -0.478. The molecule has 0 amide bonds. The fraction of sp³-hybridized carbons (Fsp3) is 0.381. The number of benzene rings is 2. The van der Waals surface area contributed by atoms with Crippen LogP contribution >= 0.6 is 0 Å². The highest BCUT2D eigenvalue weighted by atomic mass is 32.2. The Labute approximate surface area is 162 Å². The molecule has 6 heteroatoms. The number of hydrogen-bond acceptors (Lipinski definition) is 4. The van der Waals surface area contributed by atoms with Crippen molar-refractivity contribution in [3.05, 3.63) is 65.7 Å². The molecule has 146 valence electrons. The highest BCUT2D eigenvalue weighted by Crippen LogP contribution is 2.21. The molecule has 0 saturated heterocycles. The minimum Gasteiger partial charge on any atom is -0.454 e. The van der Waals surface area contributed by atoms with E-state index < -0.39 is 16.0 Å². The fourth-order valence-corrected chi connectivity index (χ4v) is 4.41. The van der Waals surface area contributed by atoms with Gasteiger partial charge in [-0.1, -0.05) is 44.2 Å². The number of sulfonamides is 1. The molecule has 0 N–H and O–H groups in total. The molecule has 0 aliphatic carbocycles. The van der Waals surface area contributed by atoms with Crippen molar-refractivity contribution >= 4 is 16.0 Å². The van der Waals surface area contributed by atoms with E-state index >= 15 is 0 Å². The summed E-state index contributed by atoms with van der Waals surface area (Å²) in [6, 6.07) is 15.4. The zero-order valence-electron chi connectivity index (χ0n) is 16.1. The van der Waals surface area contributed by atoms with Gasteiger partial charge < -0.3 is 4.74 Å². The van der Waals surface area contributed by atoms with Gasteiger partial charge in [-0.15, -0.1) is 0 Å². The maximum absolute atomic E-state index is 12.8. The van der Waals surface area contributed by atoms with Crippen LogP contribution in [0.3, 0.4) is 0 Å². The van der Waals surface area contributed by atoms with Crippen LogP contribution in [0.25, 0.3) is 0 Å². The summed E-state index contributed by atoms with van der Waals surface area (Å²) in [6.45, 7) is 6.67. The molecule has 0 aliphatic rings. The monoisotopic (exact) mass is 389 g/mol. The van der Waals surface area contributed by atoms with E-state index in [1.54, 1.807) is 6.92 Å². The Morgan fingerprint density at radius 1 is 0.963 bits per heavy atom. The van der Waals surface area contributed by atoms with E-state index in [4.69, 9.17) is 4.74 Å². The summed E-state index contributed by atoms with van der Waals surface area (Å²) < 4.78 is 32.5. The third kappa shape index (κ3) is 5.40. The van der Waals surface area contributed by atoms with Crippen molar-refractivity contribution in [2.75, 3.05) is 13.1 Å². The van der Waals surface area contributed by atoms with E-state index in [0.29, 0.717) is 18.7 Å². The lowest BCUT2D eigenvalue weighted by Crippen LogP contribution is -2.32. The molecule has 2 aromatic carbocycles. The summed E-state index contributed by atoms with van der Waals surface area (Å²) in [7, 11) is -3.55. The second-order valence-corrected chi connectivity index (χ2v) is 8.32. The van der Waals surface area contributed by atoms with Gasteiger partial charge in [-0.2, -0.15) is 4.31 Å². The Bertz CT molecular complexity index is 826. The number of carbonyl (C=O) groups is 1. The lowest BCUT2D eigenvalue weighted by atomic mass is 10.1. The highest BCUT2D eigenvalue weighted by Gasteiger charge is 2.23. The van der Waals surface area contributed by atoms with E-state index in [9.17, 15) is 13.2 Å². The third-order valence-corrected chi connectivity index (χ3v) is 6.14. The van der Waals surface area contributed by atoms with E-state index in [1.165, 1.54) is 28.6 Å². The SMILES string of the molecule is CCCN(CCC)S(=O)(=O)c1ccc(C(=O)OC(C)c2ccccc2)cc1. The second kappa shape index (κ2) is 9.67. The first-order chi connectivity index (χ1) is 12.9. The van der Waals surface area contributed by atoms with Crippen LogP contribution in [-0.2, 0) is 14.8 Å². The van der Waals surface area contributed by atoms with Gasteiger partial charge in [-0.25, -0.2) is 13.2 Å². The first-order valence-electron chi connectivity index (χ1n) is 9.26. The van der Waals surface area contributed by atoms with Crippen molar-refractivity contribution in [1.82, 2.24) is 4.31 Å². The number of carbonyl (C=O) groups excluding carboxylic acids is 1. The zero-order chi connectivity index (χ0) is 19.9. The predicted octanol–water partition coefficient (Wildman–Crippen LogP) is 4.42. The second-order valence-electron chi connectivity index (χ2n) is 6.39. The summed E-state index contributed by atoms with van der Waals surface area (Å²) in [5.41, 5.74) is 1.23. The summed E-state index contributed by atoms with van der Waals surface area (Å²) in [6.07, 6.45) is 1.12. The van der Waals surface area contributed by atoms with Crippen LogP contribution < -0.4 is 0 Å². The molecule has 1 unspecified atom stereocenters. The lowest BCUT2D eigenvalue weighted by molar-refractivity contribution is 0.0337. The van der Waals surface area contributed by atoms with Crippen LogP contribution in [0.5, 0.6) is 0 Å². The number of rotatable bonds is 9. The van der Waals surface area contributed by atoms with Crippen molar-refractivity contribution in [3.8, 4) is 0 Å². The Kier molecular flexibility index (Phi) is 7.56. The van der Waals surface area contributed by atoms with E-state index in [0.717, 1.165) is 18.4 Å². The standard InChI is InChI=1S/C21H27NO4S/c1-4-15-22(16-5-2)27(24,25)20-13-11-19(12-14-20)21(23)26-17(3)18-9-7-6-8-10-18/h6-14,17H,4-5,15-16H2,1-3H3. The quantitative estimate of drug-likeness (QED) is 0.596. The molecule has 1 atom stereocenters. The smallest absolute Gasteiger partial charge is 0.338 e. The van der Waals surface area contributed by atoms with Gasteiger partial charge >= 0.3 is 5.97 Å². The van der Waals surface area contributed by atoms with Crippen LogP contribution in [0.15, 0.2) is 59.5 Å². The largest absolute Gasteiger partial charge is 0.454 e. The minimum atomic E-state index is -3.55. The Morgan fingerprint density at radius 2 is 1.52 bits per heavy atom. The highest BCUT2D eigenvalue weighted by molar-refractivity contribution is 7.89. The van der Waals surface area contributed by atoms with Crippen LogP contribution in [0.2, 0.25) is 0 Å². The molecule has 0 heterocycles. The van der Waals surface area contributed by atoms with Crippen LogP contribution in [-0.4, -0.2) is 31.8 Å². The molecule has 2 rings (SSSR count). The normalized spacial score (nSPS) is 12.7. The molecule has 0 saturated carbocycles. The molecule has 0 aromatic heterocycles. The topological polar surface area (TPSA) is 63.7 Å². The summed E-state index contributed by atoms with van der Waals surface area (Å²) >= 11 is 0. The van der Waals surface area contributed by atoms with Gasteiger partial charge in [0.1, 0.15) is 6.10 Å². The lowest BCUT2D eigenvalue weighted by Gasteiger charge is -2.21. The molecule has 0 bridgehead atoms. The van der Waals surface area contributed by atoms with Crippen molar-refractivity contribution < 1.29 is 17.9 Å². The zero-order valence-corrected chi connectivity index (χ0v) is 16.9. The number of hydrogen-bond donors (Lipinski definition) is 0. The van der Waals surface area contributed by atoms with Crippen LogP contribution in [0.1, 0.15) is 55.6 Å². The third-order valence-electron chi connectivity index (χ3n) is 4.23. The maximum atomic E-state index is 12.8. The maximum Gasteiger partial charge on any atom is 0.338 e. The Hall–Kier alpha value is -2.18.